The Kier molecular flexibility index (Phi) is 6.12. The van der Waals surface area contributed by atoms with E-state index < -0.39 is 0 Å². The molecule has 0 aliphatic carbocycles. The molecule has 0 aliphatic heterocycles. The average Bonchev–Trinajstić information content (AvgIpc) is 3.15. The van der Waals surface area contributed by atoms with E-state index in [1.165, 1.54) is 0 Å². The number of nitrogens with one attached hydrogen (secondary N) is 1. The van der Waals surface area contributed by atoms with Gasteiger partial charge in [-0.2, -0.15) is 0 Å². The highest BCUT2D eigenvalue weighted by atomic mass is 16.5. The molecular weight excluding hydrogens is 392 g/mol. The number of rotatable bonds is 8. The second-order valence-electron chi connectivity index (χ2n) is 6.92. The lowest BCUT2D eigenvalue weighted by molar-refractivity contribution is 0.0945. The number of para-hydroxylation sites is 1. The van der Waals surface area contributed by atoms with Gasteiger partial charge in [-0.3, -0.25) is 4.79 Å². The van der Waals surface area contributed by atoms with Crippen molar-refractivity contribution < 1.29 is 14.3 Å². The first kappa shape index (κ1) is 20.4. The molecule has 7 heteroatoms. The SMILES string of the molecule is CCOc1ccccc1C(=O)NCc1nc2cccnc2n1Cc1cccc(OC)c1. The Morgan fingerprint density at radius 3 is 2.81 bits per heavy atom. The fourth-order valence-corrected chi connectivity index (χ4v) is 3.45. The van der Waals surface area contributed by atoms with Crippen molar-refractivity contribution in [1.29, 1.82) is 0 Å². The standard InChI is InChI=1S/C24H24N4O3/c1-3-31-21-12-5-4-10-19(21)24(29)26-15-22-27-20-11-7-13-25-23(20)28(22)16-17-8-6-9-18(14-17)30-2/h4-14H,3,15-16H2,1-2H3,(H,26,29). The van der Waals surface area contributed by atoms with Crippen molar-refractivity contribution >= 4 is 17.1 Å². The lowest BCUT2D eigenvalue weighted by atomic mass is 10.2. The number of hydrogen-bond donors (Lipinski definition) is 1. The maximum Gasteiger partial charge on any atom is 0.255 e. The molecule has 2 aromatic heterocycles. The maximum absolute atomic E-state index is 12.8. The Morgan fingerprint density at radius 1 is 1.10 bits per heavy atom. The van der Waals surface area contributed by atoms with Gasteiger partial charge in [0.2, 0.25) is 0 Å². The minimum Gasteiger partial charge on any atom is -0.497 e. The molecule has 2 heterocycles. The van der Waals surface area contributed by atoms with Crippen molar-refractivity contribution in [1.82, 2.24) is 19.9 Å². The van der Waals surface area contributed by atoms with E-state index in [1.807, 2.05) is 60.0 Å². The molecule has 0 saturated carbocycles. The van der Waals surface area contributed by atoms with E-state index >= 15 is 0 Å². The Bertz CT molecular complexity index is 1200. The van der Waals surface area contributed by atoms with Gasteiger partial charge in [0.05, 0.1) is 32.4 Å². The Morgan fingerprint density at radius 2 is 1.97 bits per heavy atom. The lowest BCUT2D eigenvalue weighted by Gasteiger charge is -2.12. The molecule has 0 saturated heterocycles. The number of benzene rings is 2. The van der Waals surface area contributed by atoms with Gasteiger partial charge in [0.1, 0.15) is 22.8 Å². The predicted octanol–water partition coefficient (Wildman–Crippen LogP) is 3.82. The molecule has 7 nitrogen and oxygen atoms in total. The molecule has 4 rings (SSSR count). The third-order valence-electron chi connectivity index (χ3n) is 4.90. The molecule has 1 amide bonds. The normalized spacial score (nSPS) is 10.8. The highest BCUT2D eigenvalue weighted by Gasteiger charge is 2.16. The van der Waals surface area contributed by atoms with Crippen LogP contribution in [0.1, 0.15) is 28.7 Å². The van der Waals surface area contributed by atoms with Crippen LogP contribution in [0.5, 0.6) is 11.5 Å². The number of amides is 1. The van der Waals surface area contributed by atoms with Crippen molar-refractivity contribution in [3.63, 3.8) is 0 Å². The number of nitrogens with zero attached hydrogens (tertiary/aromatic N) is 3. The van der Waals surface area contributed by atoms with Gasteiger partial charge < -0.3 is 19.4 Å². The zero-order valence-corrected chi connectivity index (χ0v) is 17.5. The largest absolute Gasteiger partial charge is 0.497 e. The van der Waals surface area contributed by atoms with Crippen LogP contribution in [-0.4, -0.2) is 34.2 Å². The molecule has 0 bridgehead atoms. The molecule has 1 N–H and O–H groups in total. The van der Waals surface area contributed by atoms with Gasteiger partial charge in [-0.15, -0.1) is 0 Å². The number of fused-ring (bicyclic) bond motifs is 1. The average molecular weight is 416 g/mol. The van der Waals surface area contributed by atoms with Crippen LogP contribution >= 0.6 is 0 Å². The molecule has 0 aliphatic rings. The van der Waals surface area contributed by atoms with Gasteiger partial charge in [-0.1, -0.05) is 24.3 Å². The second-order valence-corrected chi connectivity index (χ2v) is 6.92. The van der Waals surface area contributed by atoms with Crippen molar-refractivity contribution in [2.45, 2.75) is 20.0 Å². The molecule has 0 atom stereocenters. The van der Waals surface area contributed by atoms with Crippen molar-refractivity contribution in [2.75, 3.05) is 13.7 Å². The number of methoxy groups -OCH3 is 1. The molecule has 2 aromatic carbocycles. The number of imidazole rings is 1. The smallest absolute Gasteiger partial charge is 0.255 e. The van der Waals surface area contributed by atoms with E-state index in [2.05, 4.69) is 10.3 Å². The van der Waals surface area contributed by atoms with E-state index in [4.69, 9.17) is 14.5 Å². The molecule has 0 radical (unpaired) electrons. The highest BCUT2D eigenvalue weighted by Crippen LogP contribution is 2.20. The summed E-state index contributed by atoms with van der Waals surface area (Å²) >= 11 is 0. The Hall–Kier alpha value is -3.87. The highest BCUT2D eigenvalue weighted by molar-refractivity contribution is 5.96. The van der Waals surface area contributed by atoms with Crippen molar-refractivity contribution in [3.05, 3.63) is 83.8 Å². The summed E-state index contributed by atoms with van der Waals surface area (Å²) in [4.78, 5) is 22.0. The molecular formula is C24H24N4O3. The third kappa shape index (κ3) is 4.50. The second kappa shape index (κ2) is 9.30. The summed E-state index contributed by atoms with van der Waals surface area (Å²) in [5.74, 6) is 1.86. The number of ether oxygens (including phenoxy) is 2. The van der Waals surface area contributed by atoms with Crippen LogP contribution in [0.25, 0.3) is 11.2 Å². The topological polar surface area (TPSA) is 78.3 Å². The number of aromatic nitrogens is 3. The van der Waals surface area contributed by atoms with E-state index in [-0.39, 0.29) is 12.5 Å². The zero-order valence-electron chi connectivity index (χ0n) is 17.5. The summed E-state index contributed by atoms with van der Waals surface area (Å²) in [6.07, 6.45) is 1.74. The van der Waals surface area contributed by atoms with Gasteiger partial charge in [-0.05, 0) is 48.9 Å². The molecule has 0 spiro atoms. The van der Waals surface area contributed by atoms with Crippen LogP contribution in [0.3, 0.4) is 0 Å². The summed E-state index contributed by atoms with van der Waals surface area (Å²) in [5, 5.41) is 2.97. The Labute approximate surface area is 180 Å². The lowest BCUT2D eigenvalue weighted by Crippen LogP contribution is -2.25. The van der Waals surface area contributed by atoms with Gasteiger partial charge in [0.15, 0.2) is 5.65 Å². The van der Waals surface area contributed by atoms with Crippen LogP contribution < -0.4 is 14.8 Å². The van der Waals surface area contributed by atoms with Crippen molar-refractivity contribution in [3.8, 4) is 11.5 Å². The fraction of sp³-hybridized carbons (Fsp3) is 0.208. The Balaban J connectivity index is 1.60. The van der Waals surface area contributed by atoms with E-state index in [0.717, 1.165) is 28.3 Å². The number of carbonyl (C=O) groups excluding carboxylic acids is 1. The quantitative estimate of drug-likeness (QED) is 0.472. The number of carbonyl (C=O) groups is 1. The molecule has 4 aromatic rings. The molecule has 0 unspecified atom stereocenters. The predicted molar refractivity (Wildman–Crippen MR) is 118 cm³/mol. The summed E-state index contributed by atoms with van der Waals surface area (Å²) in [7, 11) is 1.65. The van der Waals surface area contributed by atoms with Gasteiger partial charge in [-0.25, -0.2) is 9.97 Å². The van der Waals surface area contributed by atoms with E-state index in [0.29, 0.717) is 24.5 Å². The van der Waals surface area contributed by atoms with E-state index in [9.17, 15) is 4.79 Å². The first-order chi connectivity index (χ1) is 15.2. The van der Waals surface area contributed by atoms with Crippen LogP contribution in [0, 0.1) is 0 Å². The van der Waals surface area contributed by atoms with E-state index in [1.54, 1.807) is 25.4 Å². The van der Waals surface area contributed by atoms with Crippen LogP contribution in [0.2, 0.25) is 0 Å². The molecule has 31 heavy (non-hydrogen) atoms. The van der Waals surface area contributed by atoms with Crippen molar-refractivity contribution in [2.24, 2.45) is 0 Å². The number of hydrogen-bond acceptors (Lipinski definition) is 5. The molecule has 0 fully saturated rings. The van der Waals surface area contributed by atoms with Crippen LogP contribution in [0.15, 0.2) is 66.9 Å². The van der Waals surface area contributed by atoms with Gasteiger partial charge in [0, 0.05) is 6.20 Å². The fourth-order valence-electron chi connectivity index (χ4n) is 3.45. The molecule has 158 valence electrons. The summed E-state index contributed by atoms with van der Waals surface area (Å²) in [6.45, 7) is 3.21. The first-order valence-electron chi connectivity index (χ1n) is 10.1. The van der Waals surface area contributed by atoms with Crippen LogP contribution in [-0.2, 0) is 13.1 Å². The monoisotopic (exact) mass is 416 g/mol. The van der Waals surface area contributed by atoms with Crippen LogP contribution in [0.4, 0.5) is 0 Å². The maximum atomic E-state index is 12.8. The van der Waals surface area contributed by atoms with Gasteiger partial charge >= 0.3 is 0 Å². The third-order valence-corrected chi connectivity index (χ3v) is 4.90. The first-order valence-corrected chi connectivity index (χ1v) is 10.1. The zero-order chi connectivity index (χ0) is 21.6. The minimum atomic E-state index is -0.211. The summed E-state index contributed by atoms with van der Waals surface area (Å²) < 4.78 is 12.9. The summed E-state index contributed by atoms with van der Waals surface area (Å²) in [5.41, 5.74) is 3.10. The minimum absolute atomic E-state index is 0.211. The number of pyridine rings is 1. The van der Waals surface area contributed by atoms with Gasteiger partial charge in [0.25, 0.3) is 5.91 Å². The summed E-state index contributed by atoms with van der Waals surface area (Å²) in [6, 6.07) is 18.8.